The summed E-state index contributed by atoms with van der Waals surface area (Å²) >= 11 is 0. The van der Waals surface area contributed by atoms with Crippen LogP contribution in [-0.2, 0) is 0 Å². The van der Waals surface area contributed by atoms with Crippen LogP contribution in [0.5, 0.6) is 0 Å². The lowest BCUT2D eigenvalue weighted by atomic mass is 9.98. The number of nitro benzene ring substituents is 2. The average Bonchev–Trinajstić information content (AvgIpc) is 2.79. The number of ketones is 1. The van der Waals surface area contributed by atoms with Crippen LogP contribution in [-0.4, -0.2) is 26.7 Å². The first-order chi connectivity index (χ1) is 10.8. The number of rotatable bonds is 3. The average molecular weight is 314 g/mol. The molecule has 1 aliphatic rings. The maximum atomic E-state index is 12.4. The molecule has 114 valence electrons. The molecule has 23 heavy (non-hydrogen) atoms. The van der Waals surface area contributed by atoms with Gasteiger partial charge in [-0.1, -0.05) is 0 Å². The van der Waals surface area contributed by atoms with Crippen molar-refractivity contribution in [3.63, 3.8) is 0 Å². The Hall–Kier alpha value is -3.62. The van der Waals surface area contributed by atoms with E-state index in [4.69, 9.17) is 0 Å². The monoisotopic (exact) mass is 314 g/mol. The van der Waals surface area contributed by atoms with E-state index in [9.17, 15) is 34.9 Å². The van der Waals surface area contributed by atoms with Crippen LogP contribution in [0.1, 0.15) is 26.3 Å². The SMILES string of the molecule is O=C(O)c1cc([N+](=O)[O-])cc2c1-c1ccc([N+](=O)[O-])cc1C2=O. The molecule has 0 amide bonds. The second kappa shape index (κ2) is 4.70. The largest absolute Gasteiger partial charge is 0.478 e. The van der Waals surface area contributed by atoms with Gasteiger partial charge in [-0.3, -0.25) is 25.0 Å². The van der Waals surface area contributed by atoms with E-state index in [0.717, 1.165) is 24.3 Å². The van der Waals surface area contributed by atoms with Crippen molar-refractivity contribution in [1.29, 1.82) is 0 Å². The quantitative estimate of drug-likeness (QED) is 0.578. The first-order valence-corrected chi connectivity index (χ1v) is 6.20. The molecular formula is C14H6N2O7. The third-order valence-corrected chi connectivity index (χ3v) is 3.54. The number of carboxylic acids is 1. The van der Waals surface area contributed by atoms with Crippen molar-refractivity contribution >= 4 is 23.1 Å². The predicted molar refractivity (Wildman–Crippen MR) is 75.6 cm³/mol. The molecule has 0 spiro atoms. The standard InChI is InChI=1S/C14H6N2O7/c17-13-9-3-6(15(20)21)1-2-8(9)12-10(13)4-7(16(22)23)5-11(12)14(18)19/h1-5H,(H,18,19). The molecule has 0 saturated heterocycles. The number of carboxylic acid groups (broad SMARTS) is 1. The molecule has 0 atom stereocenters. The number of benzene rings is 2. The lowest BCUT2D eigenvalue weighted by Gasteiger charge is -2.05. The zero-order valence-electron chi connectivity index (χ0n) is 11.2. The van der Waals surface area contributed by atoms with Crippen LogP contribution in [0, 0.1) is 20.2 Å². The molecule has 0 saturated carbocycles. The molecule has 0 radical (unpaired) electrons. The van der Waals surface area contributed by atoms with Crippen LogP contribution in [0.2, 0.25) is 0 Å². The highest BCUT2D eigenvalue weighted by Gasteiger charge is 2.34. The number of nitro groups is 2. The second-order valence-corrected chi connectivity index (χ2v) is 4.79. The lowest BCUT2D eigenvalue weighted by Crippen LogP contribution is -2.03. The van der Waals surface area contributed by atoms with Gasteiger partial charge in [-0.15, -0.1) is 0 Å². The Labute approximate surface area is 127 Å². The smallest absolute Gasteiger partial charge is 0.336 e. The summed E-state index contributed by atoms with van der Waals surface area (Å²) in [5.41, 5.74) is -1.19. The van der Waals surface area contributed by atoms with Crippen molar-refractivity contribution < 1.29 is 24.5 Å². The minimum atomic E-state index is -1.43. The van der Waals surface area contributed by atoms with Crippen LogP contribution in [0.25, 0.3) is 11.1 Å². The summed E-state index contributed by atoms with van der Waals surface area (Å²) < 4.78 is 0. The van der Waals surface area contributed by atoms with Crippen molar-refractivity contribution in [3.05, 3.63) is 67.3 Å². The summed E-state index contributed by atoms with van der Waals surface area (Å²) in [6, 6.07) is 5.31. The summed E-state index contributed by atoms with van der Waals surface area (Å²) in [6.45, 7) is 0. The molecule has 9 heteroatoms. The summed E-state index contributed by atoms with van der Waals surface area (Å²) in [5, 5.41) is 31.0. The zero-order chi connectivity index (χ0) is 16.9. The Balaban J connectivity index is 2.34. The Morgan fingerprint density at radius 3 is 2.09 bits per heavy atom. The topological polar surface area (TPSA) is 141 Å². The van der Waals surface area contributed by atoms with E-state index in [2.05, 4.69) is 0 Å². The highest BCUT2D eigenvalue weighted by atomic mass is 16.6. The first kappa shape index (κ1) is 14.3. The van der Waals surface area contributed by atoms with Crippen LogP contribution in [0.4, 0.5) is 11.4 Å². The number of carbonyl (C=O) groups excluding carboxylic acids is 1. The number of hydrogen-bond donors (Lipinski definition) is 1. The molecule has 2 aromatic carbocycles. The Bertz CT molecular complexity index is 933. The molecule has 0 unspecified atom stereocenters. The van der Waals surface area contributed by atoms with Crippen LogP contribution >= 0.6 is 0 Å². The Morgan fingerprint density at radius 1 is 0.913 bits per heavy atom. The predicted octanol–water partition coefficient (Wildman–Crippen LogP) is 2.41. The van der Waals surface area contributed by atoms with Gasteiger partial charge in [0.05, 0.1) is 15.4 Å². The van der Waals surface area contributed by atoms with E-state index < -0.39 is 32.9 Å². The second-order valence-electron chi connectivity index (χ2n) is 4.79. The molecule has 2 aromatic rings. The normalized spacial score (nSPS) is 11.7. The molecule has 0 heterocycles. The van der Waals surface area contributed by atoms with Crippen molar-refractivity contribution in [2.24, 2.45) is 0 Å². The minimum Gasteiger partial charge on any atom is -0.478 e. The van der Waals surface area contributed by atoms with E-state index >= 15 is 0 Å². The Morgan fingerprint density at radius 2 is 1.52 bits per heavy atom. The van der Waals surface area contributed by atoms with Crippen molar-refractivity contribution in [1.82, 2.24) is 0 Å². The van der Waals surface area contributed by atoms with E-state index in [1.54, 1.807) is 0 Å². The third-order valence-electron chi connectivity index (χ3n) is 3.54. The molecule has 0 aliphatic heterocycles. The highest BCUT2D eigenvalue weighted by Crippen LogP contribution is 2.42. The first-order valence-electron chi connectivity index (χ1n) is 6.20. The number of hydrogen-bond acceptors (Lipinski definition) is 6. The van der Waals surface area contributed by atoms with Crippen molar-refractivity contribution in [3.8, 4) is 11.1 Å². The molecule has 3 rings (SSSR count). The molecule has 0 bridgehead atoms. The van der Waals surface area contributed by atoms with Crippen LogP contribution in [0.15, 0.2) is 30.3 Å². The van der Waals surface area contributed by atoms with E-state index in [1.807, 2.05) is 0 Å². The Kier molecular flexibility index (Phi) is 2.93. The molecule has 1 aliphatic carbocycles. The maximum absolute atomic E-state index is 12.4. The number of carbonyl (C=O) groups is 2. The third kappa shape index (κ3) is 2.02. The number of fused-ring (bicyclic) bond motifs is 3. The van der Waals surface area contributed by atoms with Gasteiger partial charge in [0.25, 0.3) is 11.4 Å². The van der Waals surface area contributed by atoms with Crippen molar-refractivity contribution in [2.75, 3.05) is 0 Å². The van der Waals surface area contributed by atoms with Gasteiger partial charge in [0.2, 0.25) is 0 Å². The number of aromatic carboxylic acids is 1. The summed E-state index contributed by atoms with van der Waals surface area (Å²) in [5.74, 6) is -2.10. The molecule has 9 nitrogen and oxygen atoms in total. The number of non-ortho nitro benzene ring substituents is 2. The molecular weight excluding hydrogens is 308 g/mol. The highest BCUT2D eigenvalue weighted by molar-refractivity contribution is 6.24. The van der Waals surface area contributed by atoms with E-state index in [1.165, 1.54) is 6.07 Å². The fourth-order valence-electron chi connectivity index (χ4n) is 2.57. The summed E-state index contributed by atoms with van der Waals surface area (Å²) in [7, 11) is 0. The zero-order valence-corrected chi connectivity index (χ0v) is 11.2. The van der Waals surface area contributed by atoms with Gasteiger partial charge >= 0.3 is 5.97 Å². The van der Waals surface area contributed by atoms with Gasteiger partial charge in [-0.2, -0.15) is 0 Å². The summed E-state index contributed by atoms with van der Waals surface area (Å²) in [6.07, 6.45) is 0. The molecule has 0 fully saturated rings. The van der Waals surface area contributed by atoms with E-state index in [0.29, 0.717) is 0 Å². The maximum Gasteiger partial charge on any atom is 0.336 e. The van der Waals surface area contributed by atoms with Gasteiger partial charge in [0, 0.05) is 41.0 Å². The number of nitrogens with zero attached hydrogens (tertiary/aromatic N) is 2. The van der Waals surface area contributed by atoms with Gasteiger partial charge in [-0.05, 0) is 11.6 Å². The van der Waals surface area contributed by atoms with Gasteiger partial charge in [0.15, 0.2) is 5.78 Å². The fourth-order valence-corrected chi connectivity index (χ4v) is 2.57. The van der Waals surface area contributed by atoms with Crippen molar-refractivity contribution in [2.45, 2.75) is 0 Å². The van der Waals surface area contributed by atoms with Gasteiger partial charge in [-0.25, -0.2) is 4.79 Å². The molecule has 1 N–H and O–H groups in total. The fraction of sp³-hybridized carbons (Fsp3) is 0. The van der Waals surface area contributed by atoms with Gasteiger partial charge in [0.1, 0.15) is 0 Å². The van der Waals surface area contributed by atoms with E-state index in [-0.39, 0.29) is 27.9 Å². The van der Waals surface area contributed by atoms with Crippen LogP contribution in [0.3, 0.4) is 0 Å². The van der Waals surface area contributed by atoms with Crippen LogP contribution < -0.4 is 0 Å². The molecule has 0 aromatic heterocycles. The summed E-state index contributed by atoms with van der Waals surface area (Å²) in [4.78, 5) is 44.0. The van der Waals surface area contributed by atoms with Gasteiger partial charge < -0.3 is 5.11 Å². The lowest BCUT2D eigenvalue weighted by molar-refractivity contribution is -0.385. The minimum absolute atomic E-state index is 0.0398.